The summed E-state index contributed by atoms with van der Waals surface area (Å²) in [4.78, 5) is 11.0. The van der Waals surface area contributed by atoms with E-state index in [1.54, 1.807) is 7.11 Å². The molecule has 1 aliphatic rings. The average Bonchev–Trinajstić information content (AvgIpc) is 2.31. The molecule has 2 nitrogen and oxygen atoms in total. The van der Waals surface area contributed by atoms with Gasteiger partial charge in [-0.25, -0.2) is 0 Å². The predicted molar refractivity (Wildman–Crippen MR) is 38.8 cm³/mol. The van der Waals surface area contributed by atoms with Gasteiger partial charge in [-0.15, -0.1) is 0 Å². The molecule has 58 valence electrons. The zero-order valence-electron chi connectivity index (χ0n) is 6.43. The van der Waals surface area contributed by atoms with Gasteiger partial charge in [0.25, 0.3) is 0 Å². The first kappa shape index (κ1) is 7.73. The van der Waals surface area contributed by atoms with Crippen molar-refractivity contribution < 1.29 is 9.53 Å². The first-order valence-corrected chi connectivity index (χ1v) is 3.86. The van der Waals surface area contributed by atoms with E-state index < -0.39 is 0 Å². The van der Waals surface area contributed by atoms with E-state index in [-0.39, 0.29) is 0 Å². The van der Waals surface area contributed by atoms with E-state index in [0.717, 1.165) is 32.3 Å². The van der Waals surface area contributed by atoms with E-state index in [4.69, 9.17) is 4.74 Å². The van der Waals surface area contributed by atoms with E-state index >= 15 is 0 Å². The van der Waals surface area contributed by atoms with Gasteiger partial charge in [-0.2, -0.15) is 0 Å². The quantitative estimate of drug-likeness (QED) is 0.595. The maximum absolute atomic E-state index is 11.0. The third-order valence-electron chi connectivity index (χ3n) is 2.10. The molecule has 0 saturated heterocycles. The van der Waals surface area contributed by atoms with Crippen molar-refractivity contribution in [2.75, 3.05) is 13.7 Å². The highest BCUT2D eigenvalue weighted by Crippen LogP contribution is 2.23. The molecule has 0 amide bonds. The van der Waals surface area contributed by atoms with Gasteiger partial charge >= 0.3 is 0 Å². The fourth-order valence-electron chi connectivity index (χ4n) is 1.45. The van der Waals surface area contributed by atoms with E-state index in [1.807, 2.05) is 0 Å². The fraction of sp³-hybridized carbons (Fsp3) is 0.875. The smallest absolute Gasteiger partial charge is 0.136 e. The molecule has 0 bridgehead atoms. The van der Waals surface area contributed by atoms with Crippen molar-refractivity contribution >= 4 is 5.78 Å². The number of ether oxygens (including phenoxy) is 1. The molecule has 2 heteroatoms. The van der Waals surface area contributed by atoms with Crippen LogP contribution in [0.2, 0.25) is 0 Å². The maximum atomic E-state index is 11.0. The standard InChI is InChI=1S/C8H14O2/c1-10-6-5-7-3-2-4-8(7)9/h7H,2-6H2,1H3. The van der Waals surface area contributed by atoms with E-state index in [9.17, 15) is 4.79 Å². The number of hydrogen-bond donors (Lipinski definition) is 0. The van der Waals surface area contributed by atoms with Crippen LogP contribution in [0.5, 0.6) is 0 Å². The first-order chi connectivity index (χ1) is 4.84. The molecule has 1 unspecified atom stereocenters. The molecule has 0 radical (unpaired) electrons. The summed E-state index contributed by atoms with van der Waals surface area (Å²) in [5.41, 5.74) is 0. The van der Waals surface area contributed by atoms with Crippen molar-refractivity contribution in [2.24, 2.45) is 5.92 Å². The molecule has 1 aliphatic carbocycles. The van der Waals surface area contributed by atoms with Crippen molar-refractivity contribution in [1.82, 2.24) is 0 Å². The van der Waals surface area contributed by atoms with Crippen LogP contribution in [-0.4, -0.2) is 19.5 Å². The maximum Gasteiger partial charge on any atom is 0.136 e. The normalized spacial score (nSPS) is 25.7. The molecule has 0 aromatic heterocycles. The molecular formula is C8H14O2. The summed E-state index contributed by atoms with van der Waals surface area (Å²) in [7, 11) is 1.68. The lowest BCUT2D eigenvalue weighted by Crippen LogP contribution is -2.08. The van der Waals surface area contributed by atoms with Crippen LogP contribution in [0.1, 0.15) is 25.7 Å². The molecule has 1 saturated carbocycles. The lowest BCUT2D eigenvalue weighted by atomic mass is 10.0. The van der Waals surface area contributed by atoms with Crippen LogP contribution in [0.25, 0.3) is 0 Å². The molecular weight excluding hydrogens is 128 g/mol. The number of ketones is 1. The second-order valence-electron chi connectivity index (χ2n) is 2.84. The average molecular weight is 142 g/mol. The van der Waals surface area contributed by atoms with Gasteiger partial charge in [-0.05, 0) is 19.3 Å². The lowest BCUT2D eigenvalue weighted by Gasteiger charge is -2.04. The van der Waals surface area contributed by atoms with Crippen LogP contribution in [-0.2, 0) is 9.53 Å². The highest BCUT2D eigenvalue weighted by atomic mass is 16.5. The first-order valence-electron chi connectivity index (χ1n) is 3.86. The number of carbonyl (C=O) groups is 1. The molecule has 1 fully saturated rings. The lowest BCUT2D eigenvalue weighted by molar-refractivity contribution is -0.121. The summed E-state index contributed by atoms with van der Waals surface area (Å²) < 4.78 is 4.90. The Morgan fingerprint density at radius 3 is 3.00 bits per heavy atom. The minimum absolute atomic E-state index is 0.319. The van der Waals surface area contributed by atoms with Gasteiger partial charge in [0.15, 0.2) is 0 Å². The second kappa shape index (κ2) is 3.71. The van der Waals surface area contributed by atoms with Crippen LogP contribution in [0.15, 0.2) is 0 Å². The minimum atomic E-state index is 0.319. The van der Waals surface area contributed by atoms with Crippen LogP contribution in [0.3, 0.4) is 0 Å². The monoisotopic (exact) mass is 142 g/mol. The van der Waals surface area contributed by atoms with Crippen molar-refractivity contribution in [1.29, 1.82) is 0 Å². The number of rotatable bonds is 3. The third-order valence-corrected chi connectivity index (χ3v) is 2.10. The van der Waals surface area contributed by atoms with Gasteiger partial charge in [0.05, 0.1) is 0 Å². The Labute approximate surface area is 61.6 Å². The molecule has 0 spiro atoms. The second-order valence-corrected chi connectivity index (χ2v) is 2.84. The summed E-state index contributed by atoms with van der Waals surface area (Å²) >= 11 is 0. The van der Waals surface area contributed by atoms with Gasteiger partial charge in [0.2, 0.25) is 0 Å². The molecule has 10 heavy (non-hydrogen) atoms. The number of methoxy groups -OCH3 is 1. The van der Waals surface area contributed by atoms with E-state index in [0.29, 0.717) is 11.7 Å². The summed E-state index contributed by atoms with van der Waals surface area (Å²) in [6.07, 6.45) is 3.90. The Bertz CT molecular complexity index is 120. The van der Waals surface area contributed by atoms with Crippen molar-refractivity contribution in [3.63, 3.8) is 0 Å². The molecule has 0 aromatic rings. The highest BCUT2D eigenvalue weighted by Gasteiger charge is 2.23. The van der Waals surface area contributed by atoms with Gasteiger partial charge in [-0.1, -0.05) is 0 Å². The highest BCUT2D eigenvalue weighted by molar-refractivity contribution is 5.82. The predicted octanol–water partition coefficient (Wildman–Crippen LogP) is 1.39. The molecule has 0 aromatic carbocycles. The summed E-state index contributed by atoms with van der Waals surface area (Å²) in [5, 5.41) is 0. The van der Waals surface area contributed by atoms with Crippen molar-refractivity contribution in [3.05, 3.63) is 0 Å². The molecule has 0 aliphatic heterocycles. The zero-order chi connectivity index (χ0) is 7.40. The fourth-order valence-corrected chi connectivity index (χ4v) is 1.45. The van der Waals surface area contributed by atoms with Gasteiger partial charge < -0.3 is 4.74 Å². The molecule has 1 rings (SSSR count). The summed E-state index contributed by atoms with van der Waals surface area (Å²) in [5.74, 6) is 0.761. The molecule has 0 heterocycles. The Morgan fingerprint density at radius 1 is 1.70 bits per heavy atom. The van der Waals surface area contributed by atoms with Crippen LogP contribution in [0, 0.1) is 5.92 Å². The van der Waals surface area contributed by atoms with Crippen LogP contribution >= 0.6 is 0 Å². The van der Waals surface area contributed by atoms with Gasteiger partial charge in [0, 0.05) is 26.1 Å². The van der Waals surface area contributed by atoms with Crippen molar-refractivity contribution in [3.8, 4) is 0 Å². The molecule has 0 N–H and O–H groups in total. The molecule has 1 atom stereocenters. The summed E-state index contributed by atoms with van der Waals surface area (Å²) in [6, 6.07) is 0. The Morgan fingerprint density at radius 2 is 2.50 bits per heavy atom. The minimum Gasteiger partial charge on any atom is -0.385 e. The zero-order valence-corrected chi connectivity index (χ0v) is 6.43. The number of hydrogen-bond acceptors (Lipinski definition) is 2. The van der Waals surface area contributed by atoms with Crippen LogP contribution < -0.4 is 0 Å². The number of Topliss-reactive ketones (excluding diaryl/α,β-unsaturated/α-hetero) is 1. The summed E-state index contributed by atoms with van der Waals surface area (Å²) in [6.45, 7) is 0.733. The van der Waals surface area contributed by atoms with Gasteiger partial charge in [0.1, 0.15) is 5.78 Å². The Kier molecular flexibility index (Phi) is 2.87. The Hall–Kier alpha value is -0.370. The third kappa shape index (κ3) is 1.81. The Balaban J connectivity index is 2.20. The largest absolute Gasteiger partial charge is 0.385 e. The van der Waals surface area contributed by atoms with E-state index in [1.165, 1.54) is 0 Å². The van der Waals surface area contributed by atoms with Gasteiger partial charge in [-0.3, -0.25) is 4.79 Å². The SMILES string of the molecule is COCCC1CCCC1=O. The topological polar surface area (TPSA) is 26.3 Å². The van der Waals surface area contributed by atoms with Crippen molar-refractivity contribution in [2.45, 2.75) is 25.7 Å². The van der Waals surface area contributed by atoms with Crippen LogP contribution in [0.4, 0.5) is 0 Å². The van der Waals surface area contributed by atoms with E-state index in [2.05, 4.69) is 0 Å². The number of carbonyl (C=O) groups excluding carboxylic acids is 1.